The molecule has 2 N–H and O–H groups in total. The molecular formula is C12H10Fe3O17S. The number of carboxylic acids is 6. The SMILES string of the molecule is O=C([O-])CC(CC(=O)[O-])(OS(=O)(=O)O)C(=O)[O-].O=C([O-])CC(O)(CC(=O)[O-])C(=O)[O-].[Fe+2].[Fe+2].[Fe+2]. The van der Waals surface area contributed by atoms with Crippen LogP contribution in [0, 0.1) is 0 Å². The summed E-state index contributed by atoms with van der Waals surface area (Å²) in [4.78, 5) is 61.0. The Balaban J connectivity index is -0.000000149. The molecule has 190 valence electrons. The van der Waals surface area contributed by atoms with Gasteiger partial charge in [0, 0.05) is 49.6 Å². The largest absolute Gasteiger partial charge is 2.00 e. The van der Waals surface area contributed by atoms with E-state index in [9.17, 15) is 67.8 Å². The van der Waals surface area contributed by atoms with Crippen LogP contribution in [0.4, 0.5) is 0 Å². The summed E-state index contributed by atoms with van der Waals surface area (Å²) in [6, 6.07) is 0. The van der Waals surface area contributed by atoms with Crippen LogP contribution in [0.15, 0.2) is 0 Å². The van der Waals surface area contributed by atoms with Crippen molar-refractivity contribution in [1.29, 1.82) is 0 Å². The van der Waals surface area contributed by atoms with Gasteiger partial charge in [0.15, 0.2) is 0 Å². The molecule has 0 aliphatic rings. The molecule has 0 saturated carbocycles. The van der Waals surface area contributed by atoms with Crippen molar-refractivity contribution in [3.05, 3.63) is 0 Å². The molecule has 0 aromatic heterocycles. The molecule has 21 heteroatoms. The molecule has 0 atom stereocenters. The third kappa shape index (κ3) is 18.3. The Morgan fingerprint density at radius 3 is 1.06 bits per heavy atom. The third-order valence-electron chi connectivity index (χ3n) is 2.75. The molecule has 0 unspecified atom stereocenters. The topological polar surface area (TPSA) is 325 Å². The molecule has 0 spiro atoms. The van der Waals surface area contributed by atoms with Crippen molar-refractivity contribution in [3.8, 4) is 0 Å². The summed E-state index contributed by atoms with van der Waals surface area (Å²) in [5.41, 5.74) is -6.30. The second-order valence-corrected chi connectivity index (χ2v) is 6.33. The van der Waals surface area contributed by atoms with Crippen LogP contribution in [-0.2, 0) is 94.6 Å². The zero-order valence-corrected chi connectivity index (χ0v) is 19.4. The minimum atomic E-state index is -5.42. The Kier molecular flexibility index (Phi) is 21.1. The van der Waals surface area contributed by atoms with Gasteiger partial charge in [-0.3, -0.25) is 4.55 Å². The summed E-state index contributed by atoms with van der Waals surface area (Å²) in [5.74, 6) is -12.7. The summed E-state index contributed by atoms with van der Waals surface area (Å²) in [6.45, 7) is 0. The Bertz CT molecular complexity index is 791. The second-order valence-electron chi connectivity index (χ2n) is 5.31. The van der Waals surface area contributed by atoms with Crippen molar-refractivity contribution in [1.82, 2.24) is 0 Å². The number of rotatable bonds is 12. The molecule has 33 heavy (non-hydrogen) atoms. The molecule has 0 aliphatic carbocycles. The third-order valence-corrected chi connectivity index (χ3v) is 3.28. The predicted molar refractivity (Wildman–Crippen MR) is 68.8 cm³/mol. The number of hydrogen-bond acceptors (Lipinski definition) is 16. The monoisotopic (exact) mass is 626 g/mol. The minimum absolute atomic E-state index is 0. The first-order valence-corrected chi connectivity index (χ1v) is 8.25. The van der Waals surface area contributed by atoms with Gasteiger partial charge in [0.25, 0.3) is 0 Å². The average Bonchev–Trinajstić information content (AvgIpc) is 2.41. The number of aliphatic hydroxyl groups is 1. The fraction of sp³-hybridized carbons (Fsp3) is 0.500. The smallest absolute Gasteiger partial charge is 0.550 e. The van der Waals surface area contributed by atoms with Gasteiger partial charge in [0.1, 0.15) is 11.2 Å². The zero-order valence-electron chi connectivity index (χ0n) is 15.3. The van der Waals surface area contributed by atoms with Gasteiger partial charge in [-0.15, -0.1) is 0 Å². The van der Waals surface area contributed by atoms with Gasteiger partial charge >= 0.3 is 61.6 Å². The van der Waals surface area contributed by atoms with Crippen molar-refractivity contribution < 1.29 is 133 Å². The van der Waals surface area contributed by atoms with Gasteiger partial charge in [-0.1, -0.05) is 0 Å². The molecule has 0 saturated heterocycles. The number of carbonyl (C=O) groups is 6. The van der Waals surface area contributed by atoms with Crippen molar-refractivity contribution in [2.24, 2.45) is 0 Å². The standard InChI is InChI=1S/C6H8O10S.C6H8O7.3Fe/c7-3(8)1-6(5(11)12,2-4(9)10)16-17(13,14)15;7-3(8)1-6(13,5(11)12)2-4(9)10;;;/h1-2H2,(H,7,8)(H,9,10)(H,11,12)(H,13,14,15);13H,1-2H2,(H,7,8)(H,9,10)(H,11,12);;;/q;;3*+2/p-6. The van der Waals surface area contributed by atoms with Crippen molar-refractivity contribution in [2.45, 2.75) is 36.9 Å². The van der Waals surface area contributed by atoms with Crippen LogP contribution in [0.25, 0.3) is 0 Å². The predicted octanol–water partition coefficient (Wildman–Crippen LogP) is -10.7. The fourth-order valence-corrected chi connectivity index (χ4v) is 2.24. The molecule has 0 radical (unpaired) electrons. The quantitative estimate of drug-likeness (QED) is 0.150. The van der Waals surface area contributed by atoms with E-state index in [1.165, 1.54) is 0 Å². The average molecular weight is 626 g/mol. The molecule has 0 bridgehead atoms. The molecule has 17 nitrogen and oxygen atoms in total. The first-order valence-electron chi connectivity index (χ1n) is 6.89. The van der Waals surface area contributed by atoms with Gasteiger partial charge in [-0.25, -0.2) is 4.18 Å². The molecule has 0 amide bonds. The van der Waals surface area contributed by atoms with Gasteiger partial charge in [0.2, 0.25) is 0 Å². The van der Waals surface area contributed by atoms with Gasteiger partial charge < -0.3 is 64.5 Å². The normalized spacial score (nSPS) is 10.5. The Hall–Kier alpha value is -1.79. The van der Waals surface area contributed by atoms with Crippen LogP contribution in [0.3, 0.4) is 0 Å². The summed E-state index contributed by atoms with van der Waals surface area (Å²) in [7, 11) is -5.42. The summed E-state index contributed by atoms with van der Waals surface area (Å²) < 4.78 is 32.5. The van der Waals surface area contributed by atoms with Crippen LogP contribution in [0.1, 0.15) is 25.7 Å². The Labute approximate surface area is 215 Å². The Morgan fingerprint density at radius 2 is 0.909 bits per heavy atom. The van der Waals surface area contributed by atoms with Gasteiger partial charge in [-0.2, -0.15) is 8.42 Å². The minimum Gasteiger partial charge on any atom is -0.550 e. The van der Waals surface area contributed by atoms with Gasteiger partial charge in [-0.05, 0) is 0 Å². The van der Waals surface area contributed by atoms with Gasteiger partial charge in [0.05, 0.1) is 11.9 Å². The molecule has 0 rings (SSSR count). The van der Waals surface area contributed by atoms with E-state index in [1.54, 1.807) is 0 Å². The maximum atomic E-state index is 10.6. The fourth-order valence-electron chi connectivity index (χ4n) is 1.65. The molecule has 0 aromatic rings. The molecule has 0 fully saturated rings. The number of carboxylic acid groups (broad SMARTS) is 6. The molecular weight excluding hydrogens is 616 g/mol. The number of aliphatic carboxylic acids is 6. The van der Waals surface area contributed by atoms with Crippen molar-refractivity contribution >= 4 is 46.2 Å². The summed E-state index contributed by atoms with van der Waals surface area (Å²) >= 11 is 0. The molecule has 0 heterocycles. The first kappa shape index (κ1) is 41.5. The van der Waals surface area contributed by atoms with E-state index < -0.39 is 83.1 Å². The van der Waals surface area contributed by atoms with E-state index in [0.29, 0.717) is 0 Å². The molecule has 0 aliphatic heterocycles. The van der Waals surface area contributed by atoms with E-state index in [-0.39, 0.29) is 51.2 Å². The van der Waals surface area contributed by atoms with E-state index in [1.807, 2.05) is 0 Å². The first-order chi connectivity index (χ1) is 13.3. The number of carbonyl (C=O) groups excluding carboxylic acids is 6. The number of hydrogen-bond donors (Lipinski definition) is 2. The second kappa shape index (κ2) is 16.8. The molecule has 0 aromatic carbocycles. The summed E-state index contributed by atoms with van der Waals surface area (Å²) in [6.07, 6.45) is -6.04. The Morgan fingerprint density at radius 1 is 0.636 bits per heavy atom. The van der Waals surface area contributed by atoms with Crippen LogP contribution in [0.5, 0.6) is 0 Å². The van der Waals surface area contributed by atoms with E-state index in [4.69, 9.17) is 9.66 Å². The van der Waals surface area contributed by atoms with E-state index in [0.717, 1.165) is 0 Å². The maximum Gasteiger partial charge on any atom is 2.00 e. The van der Waals surface area contributed by atoms with E-state index in [2.05, 4.69) is 4.18 Å². The zero-order chi connectivity index (χ0) is 24.5. The summed E-state index contributed by atoms with van der Waals surface area (Å²) in [5, 5.41) is 69.9. The van der Waals surface area contributed by atoms with Crippen LogP contribution in [-0.4, -0.2) is 65.1 Å². The van der Waals surface area contributed by atoms with Crippen molar-refractivity contribution in [2.75, 3.05) is 0 Å². The van der Waals surface area contributed by atoms with E-state index >= 15 is 0 Å². The van der Waals surface area contributed by atoms with Crippen LogP contribution in [0.2, 0.25) is 0 Å². The van der Waals surface area contributed by atoms with Crippen molar-refractivity contribution in [3.63, 3.8) is 0 Å². The van der Waals surface area contributed by atoms with Crippen LogP contribution < -0.4 is 30.6 Å². The van der Waals surface area contributed by atoms with Crippen LogP contribution >= 0.6 is 0 Å². The maximum absolute atomic E-state index is 10.6.